The summed E-state index contributed by atoms with van der Waals surface area (Å²) in [5, 5.41) is 0. The standard InChI is InChI=1S/C14H18N2OS/c1-3-16(11-6-4-5-10(2)9-11)13(17)14(7-8-14)12(15)18/h4-6,9H,3,7-8H2,1-2H3,(H2,15,18). The third-order valence-corrected chi connectivity index (χ3v) is 3.90. The van der Waals surface area contributed by atoms with Gasteiger partial charge in [0, 0.05) is 12.2 Å². The fraction of sp³-hybridized carbons (Fsp3) is 0.429. The van der Waals surface area contributed by atoms with E-state index in [1.165, 1.54) is 0 Å². The molecule has 2 N–H and O–H groups in total. The summed E-state index contributed by atoms with van der Waals surface area (Å²) in [5.74, 6) is 0.0445. The van der Waals surface area contributed by atoms with Gasteiger partial charge in [-0.1, -0.05) is 24.4 Å². The molecule has 0 atom stereocenters. The van der Waals surface area contributed by atoms with Crippen LogP contribution < -0.4 is 10.6 Å². The van der Waals surface area contributed by atoms with Crippen molar-refractivity contribution in [2.45, 2.75) is 26.7 Å². The molecule has 1 aliphatic rings. The van der Waals surface area contributed by atoms with Crippen molar-refractivity contribution in [1.29, 1.82) is 0 Å². The minimum Gasteiger partial charge on any atom is -0.392 e. The zero-order chi connectivity index (χ0) is 13.3. The van der Waals surface area contributed by atoms with Gasteiger partial charge in [-0.15, -0.1) is 0 Å². The summed E-state index contributed by atoms with van der Waals surface area (Å²) < 4.78 is 0. The predicted molar refractivity (Wildman–Crippen MR) is 77.7 cm³/mol. The normalized spacial score (nSPS) is 16.1. The number of carbonyl (C=O) groups excluding carboxylic acids is 1. The molecular weight excluding hydrogens is 244 g/mol. The molecule has 0 heterocycles. The lowest BCUT2D eigenvalue weighted by atomic mass is 10.0. The first-order valence-electron chi connectivity index (χ1n) is 6.20. The number of rotatable bonds is 4. The highest BCUT2D eigenvalue weighted by atomic mass is 32.1. The number of hydrogen-bond donors (Lipinski definition) is 1. The van der Waals surface area contributed by atoms with Gasteiger partial charge in [0.05, 0.1) is 10.4 Å². The van der Waals surface area contributed by atoms with Crippen LogP contribution in [0.3, 0.4) is 0 Å². The number of thiocarbonyl (C=S) groups is 1. The van der Waals surface area contributed by atoms with E-state index in [2.05, 4.69) is 0 Å². The van der Waals surface area contributed by atoms with Gasteiger partial charge in [0.25, 0.3) is 0 Å². The summed E-state index contributed by atoms with van der Waals surface area (Å²) in [6.45, 7) is 4.62. The average Bonchev–Trinajstić information content (AvgIpc) is 3.11. The molecule has 3 nitrogen and oxygen atoms in total. The van der Waals surface area contributed by atoms with E-state index in [0.29, 0.717) is 11.5 Å². The molecule has 0 spiro atoms. The largest absolute Gasteiger partial charge is 0.392 e. The molecule has 0 unspecified atom stereocenters. The van der Waals surface area contributed by atoms with Crippen LogP contribution in [0.1, 0.15) is 25.3 Å². The van der Waals surface area contributed by atoms with Crippen molar-refractivity contribution in [2.75, 3.05) is 11.4 Å². The molecule has 0 saturated heterocycles. The Morgan fingerprint density at radius 3 is 2.61 bits per heavy atom. The Balaban J connectivity index is 2.30. The number of hydrogen-bond acceptors (Lipinski definition) is 2. The van der Waals surface area contributed by atoms with Gasteiger partial charge >= 0.3 is 0 Å². The highest BCUT2D eigenvalue weighted by Crippen LogP contribution is 2.48. The fourth-order valence-electron chi connectivity index (χ4n) is 2.19. The SMILES string of the molecule is CCN(C(=O)C1(C(N)=S)CC1)c1cccc(C)c1. The van der Waals surface area contributed by atoms with Crippen molar-refractivity contribution in [3.05, 3.63) is 29.8 Å². The summed E-state index contributed by atoms with van der Waals surface area (Å²) in [6.07, 6.45) is 1.56. The van der Waals surface area contributed by atoms with Crippen molar-refractivity contribution in [3.63, 3.8) is 0 Å². The van der Waals surface area contributed by atoms with Gasteiger partial charge in [-0.3, -0.25) is 4.79 Å². The Hall–Kier alpha value is -1.42. The van der Waals surface area contributed by atoms with Crippen LogP contribution in [0.15, 0.2) is 24.3 Å². The van der Waals surface area contributed by atoms with Crippen molar-refractivity contribution in [1.82, 2.24) is 0 Å². The molecule has 1 saturated carbocycles. The monoisotopic (exact) mass is 262 g/mol. The number of amides is 1. The molecule has 1 fully saturated rings. The quantitative estimate of drug-likeness (QED) is 0.848. The number of aryl methyl sites for hydroxylation is 1. The van der Waals surface area contributed by atoms with Crippen LogP contribution in [-0.2, 0) is 4.79 Å². The Morgan fingerprint density at radius 1 is 1.50 bits per heavy atom. The summed E-state index contributed by atoms with van der Waals surface area (Å²) in [6, 6.07) is 7.93. The average molecular weight is 262 g/mol. The Morgan fingerprint density at radius 2 is 2.17 bits per heavy atom. The summed E-state index contributed by atoms with van der Waals surface area (Å²) >= 11 is 5.04. The minimum atomic E-state index is -0.574. The zero-order valence-electron chi connectivity index (χ0n) is 10.8. The Kier molecular flexibility index (Phi) is 3.39. The molecule has 18 heavy (non-hydrogen) atoms. The van der Waals surface area contributed by atoms with Crippen LogP contribution >= 0.6 is 12.2 Å². The molecule has 1 aliphatic carbocycles. The second-order valence-electron chi connectivity index (χ2n) is 4.83. The second kappa shape index (κ2) is 4.69. The van der Waals surface area contributed by atoms with Gasteiger partial charge in [-0.05, 0) is 44.4 Å². The maximum atomic E-state index is 12.6. The molecule has 1 amide bonds. The van der Waals surface area contributed by atoms with E-state index in [9.17, 15) is 4.79 Å². The molecule has 96 valence electrons. The van der Waals surface area contributed by atoms with Crippen LogP contribution in [0.25, 0.3) is 0 Å². The third-order valence-electron chi connectivity index (χ3n) is 3.51. The molecule has 0 aromatic heterocycles. The molecule has 0 radical (unpaired) electrons. The van der Waals surface area contributed by atoms with E-state index >= 15 is 0 Å². The van der Waals surface area contributed by atoms with Crippen LogP contribution in [0.2, 0.25) is 0 Å². The van der Waals surface area contributed by atoms with E-state index in [0.717, 1.165) is 24.1 Å². The molecule has 0 aliphatic heterocycles. The maximum Gasteiger partial charge on any atom is 0.240 e. The smallest absolute Gasteiger partial charge is 0.240 e. The lowest BCUT2D eigenvalue weighted by molar-refractivity contribution is -0.121. The maximum absolute atomic E-state index is 12.6. The summed E-state index contributed by atoms with van der Waals surface area (Å²) in [4.78, 5) is 14.7. The van der Waals surface area contributed by atoms with Gasteiger partial charge in [0.15, 0.2) is 0 Å². The van der Waals surface area contributed by atoms with Gasteiger partial charge < -0.3 is 10.6 Å². The third kappa shape index (κ3) is 2.12. The number of carbonyl (C=O) groups is 1. The van der Waals surface area contributed by atoms with Gasteiger partial charge in [-0.2, -0.15) is 0 Å². The predicted octanol–water partition coefficient (Wildman–Crippen LogP) is 2.41. The minimum absolute atomic E-state index is 0.0445. The second-order valence-corrected chi connectivity index (χ2v) is 5.27. The van der Waals surface area contributed by atoms with Crippen molar-refractivity contribution >= 4 is 28.8 Å². The van der Waals surface area contributed by atoms with Gasteiger partial charge in [0.1, 0.15) is 0 Å². The highest BCUT2D eigenvalue weighted by Gasteiger charge is 2.54. The zero-order valence-corrected chi connectivity index (χ0v) is 11.6. The van der Waals surface area contributed by atoms with E-state index < -0.39 is 5.41 Å². The molecule has 1 aromatic rings. The number of anilines is 1. The van der Waals surface area contributed by atoms with E-state index in [4.69, 9.17) is 18.0 Å². The molecule has 0 bridgehead atoms. The van der Waals surface area contributed by atoms with E-state index in [-0.39, 0.29) is 5.91 Å². The molecule has 2 rings (SSSR count). The topological polar surface area (TPSA) is 46.3 Å². The van der Waals surface area contributed by atoms with Crippen LogP contribution in [0.5, 0.6) is 0 Å². The molecular formula is C14H18N2OS. The summed E-state index contributed by atoms with van der Waals surface area (Å²) in [5.41, 5.74) is 7.20. The van der Waals surface area contributed by atoms with Gasteiger partial charge in [-0.25, -0.2) is 0 Å². The summed E-state index contributed by atoms with van der Waals surface area (Å²) in [7, 11) is 0. The van der Waals surface area contributed by atoms with Crippen molar-refractivity contribution in [2.24, 2.45) is 11.1 Å². The number of nitrogens with two attached hydrogens (primary N) is 1. The lowest BCUT2D eigenvalue weighted by Gasteiger charge is -2.26. The Bertz CT molecular complexity index is 494. The van der Waals surface area contributed by atoms with Crippen LogP contribution in [-0.4, -0.2) is 17.4 Å². The van der Waals surface area contributed by atoms with E-state index in [1.807, 2.05) is 38.1 Å². The molecule has 1 aromatic carbocycles. The first kappa shape index (κ1) is 13.0. The first-order valence-corrected chi connectivity index (χ1v) is 6.60. The van der Waals surface area contributed by atoms with Crippen LogP contribution in [0, 0.1) is 12.3 Å². The number of nitrogens with zero attached hydrogens (tertiary/aromatic N) is 1. The van der Waals surface area contributed by atoms with Crippen molar-refractivity contribution < 1.29 is 4.79 Å². The number of benzene rings is 1. The lowest BCUT2D eigenvalue weighted by Crippen LogP contribution is -2.42. The highest BCUT2D eigenvalue weighted by molar-refractivity contribution is 7.80. The first-order chi connectivity index (χ1) is 8.51. The van der Waals surface area contributed by atoms with Crippen molar-refractivity contribution in [3.8, 4) is 0 Å². The Labute approximate surface area is 113 Å². The molecule has 4 heteroatoms. The fourth-order valence-corrected chi connectivity index (χ4v) is 2.48. The van der Waals surface area contributed by atoms with Gasteiger partial charge in [0.2, 0.25) is 5.91 Å². The van der Waals surface area contributed by atoms with E-state index in [1.54, 1.807) is 4.90 Å². The van der Waals surface area contributed by atoms with Crippen LogP contribution in [0.4, 0.5) is 5.69 Å².